The second kappa shape index (κ2) is 7.96. The van der Waals surface area contributed by atoms with Gasteiger partial charge in [-0.15, -0.1) is 10.2 Å². The van der Waals surface area contributed by atoms with Crippen LogP contribution in [0, 0.1) is 5.82 Å². The number of hydrogen-bond acceptors (Lipinski definition) is 5. The molecule has 6 heteroatoms. The fourth-order valence-electron chi connectivity index (χ4n) is 3.92. The molecule has 32 heavy (non-hydrogen) atoms. The van der Waals surface area contributed by atoms with Crippen molar-refractivity contribution in [3.8, 4) is 11.5 Å². The van der Waals surface area contributed by atoms with Crippen LogP contribution in [0.2, 0.25) is 0 Å². The van der Waals surface area contributed by atoms with Gasteiger partial charge in [0.15, 0.2) is 5.78 Å². The van der Waals surface area contributed by atoms with E-state index >= 15 is 0 Å². The molecule has 0 spiro atoms. The van der Waals surface area contributed by atoms with Gasteiger partial charge in [-0.1, -0.05) is 54.6 Å². The van der Waals surface area contributed by atoms with E-state index in [-0.39, 0.29) is 30.3 Å². The highest BCUT2D eigenvalue weighted by Crippen LogP contribution is 2.30. The molecule has 3 aromatic carbocycles. The molecule has 4 aromatic rings. The van der Waals surface area contributed by atoms with Crippen molar-refractivity contribution >= 4 is 11.5 Å². The maximum absolute atomic E-state index is 13.4. The zero-order valence-electron chi connectivity index (χ0n) is 17.5. The van der Waals surface area contributed by atoms with Crippen molar-refractivity contribution in [2.45, 2.75) is 25.3 Å². The lowest BCUT2D eigenvalue weighted by molar-refractivity contribution is -0.122. The second-order valence-corrected chi connectivity index (χ2v) is 8.04. The number of halogens is 1. The van der Waals surface area contributed by atoms with Crippen molar-refractivity contribution in [1.29, 1.82) is 0 Å². The third-order valence-electron chi connectivity index (χ3n) is 5.68. The first kappa shape index (κ1) is 20.0. The molecule has 0 saturated heterocycles. The van der Waals surface area contributed by atoms with Gasteiger partial charge in [-0.25, -0.2) is 4.39 Å². The summed E-state index contributed by atoms with van der Waals surface area (Å²) in [6.45, 7) is 1.81. The lowest BCUT2D eigenvalue weighted by Gasteiger charge is -2.21. The fourth-order valence-corrected chi connectivity index (χ4v) is 3.92. The summed E-state index contributed by atoms with van der Waals surface area (Å²) >= 11 is 0. The lowest BCUT2D eigenvalue weighted by atomic mass is 9.89. The Morgan fingerprint density at radius 2 is 1.62 bits per heavy atom. The van der Waals surface area contributed by atoms with Gasteiger partial charge >= 0.3 is 0 Å². The number of rotatable bonds is 4. The van der Waals surface area contributed by atoms with Crippen LogP contribution >= 0.6 is 0 Å². The molecule has 1 atom stereocenters. The number of fused-ring (bicyclic) bond motifs is 1. The molecule has 158 valence electrons. The van der Waals surface area contributed by atoms with Crippen molar-refractivity contribution in [3.05, 3.63) is 107 Å². The smallest absolute Gasteiger partial charge is 0.247 e. The Bertz CT molecular complexity index is 1310. The van der Waals surface area contributed by atoms with Crippen LogP contribution < -0.4 is 0 Å². The number of ketones is 1. The molecule has 1 unspecified atom stereocenters. The topological polar surface area (TPSA) is 68.3 Å². The summed E-state index contributed by atoms with van der Waals surface area (Å²) in [5, 5.41) is 8.21. The van der Waals surface area contributed by atoms with Gasteiger partial charge < -0.3 is 4.42 Å². The number of benzene rings is 3. The average molecular weight is 425 g/mol. The van der Waals surface area contributed by atoms with Crippen LogP contribution in [0.3, 0.4) is 0 Å². The summed E-state index contributed by atoms with van der Waals surface area (Å²) in [6, 6.07) is 23.5. The van der Waals surface area contributed by atoms with E-state index in [1.165, 1.54) is 12.1 Å². The van der Waals surface area contributed by atoms with E-state index in [9.17, 15) is 9.18 Å². The van der Waals surface area contributed by atoms with Crippen LogP contribution in [0.4, 0.5) is 4.39 Å². The highest BCUT2D eigenvalue weighted by atomic mass is 19.1. The molecule has 0 bridgehead atoms. The predicted molar refractivity (Wildman–Crippen MR) is 119 cm³/mol. The molecule has 0 radical (unpaired) electrons. The standard InChI is InChI=1S/C26H20FN3O2/c1-26(16-23-29-30-25(32-23)18-11-13-20(27)14-12-18)22(31)15-19-9-5-6-10-21(19)24(28-26)17-7-3-2-4-8-17/h2-14H,15-16H2,1H3. The van der Waals surface area contributed by atoms with Gasteiger partial charge in [0.1, 0.15) is 11.4 Å². The number of nitrogens with zero attached hydrogens (tertiary/aromatic N) is 3. The molecule has 1 aliphatic rings. The van der Waals surface area contributed by atoms with Gasteiger partial charge in [0.25, 0.3) is 0 Å². The Kier molecular flexibility index (Phi) is 4.98. The SMILES string of the molecule is CC1(Cc2nnc(-c3ccc(F)cc3)o2)N=C(c2ccccc2)c2ccccc2CC1=O. The zero-order valence-corrected chi connectivity index (χ0v) is 17.5. The molecule has 0 saturated carbocycles. The summed E-state index contributed by atoms with van der Waals surface area (Å²) in [5.74, 6) is 0.229. The molecule has 1 aromatic heterocycles. The Labute approximate surface area is 184 Å². The Morgan fingerprint density at radius 1 is 0.906 bits per heavy atom. The quantitative estimate of drug-likeness (QED) is 0.469. The number of Topliss-reactive ketones (excluding diaryl/α,β-unsaturated/α-hetero) is 1. The number of carbonyl (C=O) groups excluding carboxylic acids is 1. The van der Waals surface area contributed by atoms with Gasteiger partial charge in [0.05, 0.1) is 12.1 Å². The Morgan fingerprint density at radius 3 is 2.41 bits per heavy atom. The van der Waals surface area contributed by atoms with Gasteiger partial charge in [0.2, 0.25) is 11.8 Å². The molecule has 5 nitrogen and oxygen atoms in total. The number of aliphatic imine (C=N–C) groups is 1. The van der Waals surface area contributed by atoms with E-state index in [1.54, 1.807) is 12.1 Å². The highest BCUT2D eigenvalue weighted by Gasteiger charge is 2.38. The van der Waals surface area contributed by atoms with Crippen LogP contribution in [0.25, 0.3) is 11.5 Å². The third-order valence-corrected chi connectivity index (χ3v) is 5.68. The van der Waals surface area contributed by atoms with Crippen molar-refractivity contribution in [1.82, 2.24) is 10.2 Å². The van der Waals surface area contributed by atoms with Crippen LogP contribution in [0.5, 0.6) is 0 Å². The highest BCUT2D eigenvalue weighted by molar-refractivity contribution is 6.16. The van der Waals surface area contributed by atoms with Crippen LogP contribution in [0.1, 0.15) is 29.5 Å². The molecular formula is C26H20FN3O2. The summed E-state index contributed by atoms with van der Waals surface area (Å²) in [5.41, 5.74) is 3.15. The second-order valence-electron chi connectivity index (χ2n) is 8.04. The first-order chi connectivity index (χ1) is 15.5. The number of carbonyl (C=O) groups is 1. The monoisotopic (exact) mass is 425 g/mol. The zero-order chi connectivity index (χ0) is 22.1. The van der Waals surface area contributed by atoms with E-state index in [0.29, 0.717) is 11.5 Å². The van der Waals surface area contributed by atoms with E-state index < -0.39 is 5.54 Å². The average Bonchev–Trinajstić information content (AvgIpc) is 3.23. The summed E-state index contributed by atoms with van der Waals surface area (Å²) in [6.07, 6.45) is 0.440. The lowest BCUT2D eigenvalue weighted by Crippen LogP contribution is -2.37. The van der Waals surface area contributed by atoms with Crippen molar-refractivity contribution in [2.75, 3.05) is 0 Å². The van der Waals surface area contributed by atoms with E-state index in [4.69, 9.17) is 9.41 Å². The van der Waals surface area contributed by atoms with Gasteiger partial charge in [-0.3, -0.25) is 9.79 Å². The summed E-state index contributed by atoms with van der Waals surface area (Å²) in [7, 11) is 0. The van der Waals surface area contributed by atoms with Gasteiger partial charge in [-0.05, 0) is 36.8 Å². The molecule has 5 rings (SSSR count). The minimum Gasteiger partial charge on any atom is -0.421 e. The largest absolute Gasteiger partial charge is 0.421 e. The normalized spacial score (nSPS) is 18.1. The molecular weight excluding hydrogens is 405 g/mol. The van der Waals surface area contributed by atoms with Gasteiger partial charge in [0, 0.05) is 23.1 Å². The predicted octanol–water partition coefficient (Wildman–Crippen LogP) is 4.84. The Hall–Kier alpha value is -3.93. The van der Waals surface area contributed by atoms with Gasteiger partial charge in [-0.2, -0.15) is 0 Å². The number of aromatic nitrogens is 2. The molecule has 0 N–H and O–H groups in total. The van der Waals surface area contributed by atoms with Crippen LogP contribution in [-0.2, 0) is 17.6 Å². The molecule has 0 aliphatic carbocycles. The summed E-state index contributed by atoms with van der Waals surface area (Å²) < 4.78 is 19.0. The summed E-state index contributed by atoms with van der Waals surface area (Å²) in [4.78, 5) is 18.3. The third kappa shape index (κ3) is 3.75. The van der Waals surface area contributed by atoms with Crippen molar-refractivity contribution < 1.29 is 13.6 Å². The maximum Gasteiger partial charge on any atom is 0.247 e. The van der Waals surface area contributed by atoms with E-state index in [2.05, 4.69) is 10.2 Å². The van der Waals surface area contributed by atoms with Crippen LogP contribution in [-0.4, -0.2) is 27.2 Å². The Balaban J connectivity index is 1.54. The molecule has 2 heterocycles. The molecule has 0 fully saturated rings. The molecule has 0 amide bonds. The van der Waals surface area contributed by atoms with E-state index in [1.807, 2.05) is 61.5 Å². The first-order valence-corrected chi connectivity index (χ1v) is 10.4. The number of hydrogen-bond donors (Lipinski definition) is 0. The van der Waals surface area contributed by atoms with Crippen LogP contribution in [0.15, 0.2) is 88.3 Å². The van der Waals surface area contributed by atoms with Crippen molar-refractivity contribution in [2.24, 2.45) is 4.99 Å². The maximum atomic E-state index is 13.4. The minimum absolute atomic E-state index is 0.0163. The molecule has 1 aliphatic heterocycles. The van der Waals surface area contributed by atoms with E-state index in [0.717, 1.165) is 22.4 Å². The van der Waals surface area contributed by atoms with Crippen molar-refractivity contribution in [3.63, 3.8) is 0 Å². The first-order valence-electron chi connectivity index (χ1n) is 10.4. The fraction of sp³-hybridized carbons (Fsp3) is 0.154. The minimum atomic E-state index is -1.07.